The third kappa shape index (κ3) is 6.74. The molecule has 0 heterocycles. The molecule has 2 rings (SSSR count). The number of carbonyl (C=O) groups excluding carboxylic acids is 2. The predicted octanol–water partition coefficient (Wildman–Crippen LogP) is 3.75. The van der Waals surface area contributed by atoms with Crippen molar-refractivity contribution in [3.8, 4) is 0 Å². The third-order valence-corrected chi connectivity index (χ3v) is 5.54. The highest BCUT2D eigenvalue weighted by Crippen LogP contribution is 2.27. The minimum absolute atomic E-state index is 0.105. The lowest BCUT2D eigenvalue weighted by molar-refractivity contribution is -0.120. The summed E-state index contributed by atoms with van der Waals surface area (Å²) in [6, 6.07) is 5.31. The van der Waals surface area contributed by atoms with Gasteiger partial charge >= 0.3 is 0 Å². The number of carbonyl (C=O) groups is 2. The van der Waals surface area contributed by atoms with Crippen LogP contribution in [-0.2, 0) is 4.79 Å². The number of rotatable bonds is 4. The molecule has 1 aliphatic carbocycles. The quantitative estimate of drug-likeness (QED) is 0.507. The number of halogens is 1. The Bertz CT molecular complexity index is 645. The molecule has 0 atom stereocenters. The first-order chi connectivity index (χ1) is 12.0. The molecule has 1 aromatic carbocycles. The van der Waals surface area contributed by atoms with Crippen molar-refractivity contribution < 1.29 is 9.59 Å². The molecule has 0 aliphatic heterocycles. The molecular formula is C18H24BrN3O2S. The molecular weight excluding hydrogens is 402 g/mol. The lowest BCUT2D eigenvalue weighted by atomic mass is 9.86. The largest absolute Gasteiger partial charge is 0.302 e. The van der Waals surface area contributed by atoms with E-state index in [0.29, 0.717) is 17.9 Å². The number of hydrogen-bond donors (Lipinski definition) is 3. The van der Waals surface area contributed by atoms with Crippen molar-refractivity contribution in [3.63, 3.8) is 0 Å². The van der Waals surface area contributed by atoms with Crippen molar-refractivity contribution in [2.75, 3.05) is 0 Å². The molecule has 0 unspecified atom stereocenters. The van der Waals surface area contributed by atoms with E-state index in [9.17, 15) is 9.59 Å². The van der Waals surface area contributed by atoms with Gasteiger partial charge in [0.15, 0.2) is 5.11 Å². The Labute approximate surface area is 162 Å². The fourth-order valence-electron chi connectivity index (χ4n) is 2.95. The zero-order valence-corrected chi connectivity index (χ0v) is 16.8. The van der Waals surface area contributed by atoms with Gasteiger partial charge in [0, 0.05) is 16.5 Å². The molecule has 7 heteroatoms. The fraction of sp³-hybridized carbons (Fsp3) is 0.500. The molecule has 0 radical (unpaired) electrons. The highest BCUT2D eigenvalue weighted by atomic mass is 79.9. The van der Waals surface area contributed by atoms with Gasteiger partial charge in [-0.2, -0.15) is 0 Å². The first-order valence-corrected chi connectivity index (χ1v) is 9.82. The van der Waals surface area contributed by atoms with Gasteiger partial charge in [-0.1, -0.05) is 54.1 Å². The van der Waals surface area contributed by atoms with Gasteiger partial charge in [-0.05, 0) is 49.2 Å². The lowest BCUT2D eigenvalue weighted by Gasteiger charge is -2.21. The zero-order chi connectivity index (χ0) is 18.2. The first kappa shape index (κ1) is 19.8. The van der Waals surface area contributed by atoms with E-state index in [0.717, 1.165) is 16.5 Å². The topological polar surface area (TPSA) is 70.2 Å². The van der Waals surface area contributed by atoms with E-state index >= 15 is 0 Å². The van der Waals surface area contributed by atoms with E-state index in [2.05, 4.69) is 32.1 Å². The second kappa shape index (κ2) is 9.87. The summed E-state index contributed by atoms with van der Waals surface area (Å²) in [5.74, 6) is 0.218. The van der Waals surface area contributed by atoms with Crippen molar-refractivity contribution in [2.24, 2.45) is 5.92 Å². The number of amides is 2. The van der Waals surface area contributed by atoms with Crippen molar-refractivity contribution >= 4 is 45.1 Å². The average Bonchev–Trinajstić information content (AvgIpc) is 2.61. The van der Waals surface area contributed by atoms with Gasteiger partial charge in [-0.3, -0.25) is 20.4 Å². The molecule has 0 bridgehead atoms. The molecule has 2 amide bonds. The van der Waals surface area contributed by atoms with Crippen LogP contribution >= 0.6 is 28.1 Å². The highest BCUT2D eigenvalue weighted by molar-refractivity contribution is 9.10. The summed E-state index contributed by atoms with van der Waals surface area (Å²) < 4.78 is 0.860. The Kier molecular flexibility index (Phi) is 7.84. The maximum atomic E-state index is 12.1. The van der Waals surface area contributed by atoms with Crippen molar-refractivity contribution in [2.45, 2.75) is 51.9 Å². The molecule has 0 spiro atoms. The van der Waals surface area contributed by atoms with Crippen LogP contribution in [0.4, 0.5) is 0 Å². The van der Waals surface area contributed by atoms with Crippen LogP contribution in [0.5, 0.6) is 0 Å². The Hall–Kier alpha value is -1.47. The predicted molar refractivity (Wildman–Crippen MR) is 106 cm³/mol. The van der Waals surface area contributed by atoms with E-state index in [1.54, 1.807) is 12.1 Å². The van der Waals surface area contributed by atoms with Gasteiger partial charge in [0.2, 0.25) is 5.91 Å². The summed E-state index contributed by atoms with van der Waals surface area (Å²) in [6.45, 7) is 1.95. The number of hydrogen-bond acceptors (Lipinski definition) is 3. The Morgan fingerprint density at radius 2 is 1.92 bits per heavy atom. The van der Waals surface area contributed by atoms with E-state index in [1.807, 2.05) is 13.0 Å². The van der Waals surface area contributed by atoms with Crippen molar-refractivity contribution in [3.05, 3.63) is 33.8 Å². The van der Waals surface area contributed by atoms with Gasteiger partial charge in [-0.15, -0.1) is 0 Å². The number of aryl methyl sites for hydroxylation is 1. The van der Waals surface area contributed by atoms with E-state index in [-0.39, 0.29) is 16.9 Å². The fourth-order valence-corrected chi connectivity index (χ4v) is 3.49. The molecule has 1 aromatic rings. The van der Waals surface area contributed by atoms with Crippen LogP contribution in [0, 0.1) is 12.8 Å². The minimum Gasteiger partial charge on any atom is -0.302 e. The van der Waals surface area contributed by atoms with Crippen LogP contribution in [0.15, 0.2) is 22.7 Å². The van der Waals surface area contributed by atoms with Crippen molar-refractivity contribution in [1.82, 2.24) is 16.2 Å². The molecule has 136 valence electrons. The molecule has 0 aromatic heterocycles. The zero-order valence-electron chi connectivity index (χ0n) is 14.4. The van der Waals surface area contributed by atoms with Gasteiger partial charge < -0.3 is 5.32 Å². The second-order valence-corrected chi connectivity index (χ2v) is 7.73. The van der Waals surface area contributed by atoms with Crippen LogP contribution in [0.1, 0.15) is 60.9 Å². The van der Waals surface area contributed by atoms with Gasteiger partial charge in [-0.25, -0.2) is 0 Å². The summed E-state index contributed by atoms with van der Waals surface area (Å²) in [6.07, 6.45) is 7.66. The molecule has 0 saturated heterocycles. The number of benzene rings is 1. The Balaban J connectivity index is 1.69. The van der Waals surface area contributed by atoms with Crippen LogP contribution in [-0.4, -0.2) is 16.9 Å². The molecule has 1 aliphatic rings. The summed E-state index contributed by atoms with van der Waals surface area (Å²) in [4.78, 5) is 24.0. The smallest absolute Gasteiger partial charge is 0.269 e. The minimum atomic E-state index is -0.320. The van der Waals surface area contributed by atoms with Gasteiger partial charge in [0.1, 0.15) is 0 Å². The van der Waals surface area contributed by atoms with E-state index < -0.39 is 0 Å². The van der Waals surface area contributed by atoms with Crippen LogP contribution in [0.3, 0.4) is 0 Å². The average molecular weight is 426 g/mol. The van der Waals surface area contributed by atoms with Crippen LogP contribution < -0.4 is 16.2 Å². The third-order valence-electron chi connectivity index (χ3n) is 4.48. The number of thiocarbonyl (C=S) groups is 1. The second-order valence-electron chi connectivity index (χ2n) is 6.46. The summed E-state index contributed by atoms with van der Waals surface area (Å²) in [7, 11) is 0. The lowest BCUT2D eigenvalue weighted by Crippen LogP contribution is -2.48. The van der Waals surface area contributed by atoms with E-state index in [1.165, 1.54) is 32.1 Å². The molecule has 1 fully saturated rings. The van der Waals surface area contributed by atoms with Crippen LogP contribution in [0.25, 0.3) is 0 Å². The SMILES string of the molecule is Cc1ccc(C(=O)NNC(=S)NC(=O)CCC2CCCCC2)cc1Br. The summed E-state index contributed by atoms with van der Waals surface area (Å²) in [5.41, 5.74) is 6.60. The molecule has 3 N–H and O–H groups in total. The Morgan fingerprint density at radius 3 is 2.60 bits per heavy atom. The summed E-state index contributed by atoms with van der Waals surface area (Å²) in [5, 5.41) is 2.71. The molecule has 1 saturated carbocycles. The maximum Gasteiger partial charge on any atom is 0.269 e. The monoisotopic (exact) mass is 425 g/mol. The molecule has 5 nitrogen and oxygen atoms in total. The number of hydrazine groups is 1. The van der Waals surface area contributed by atoms with E-state index in [4.69, 9.17) is 12.2 Å². The Morgan fingerprint density at radius 1 is 1.20 bits per heavy atom. The number of nitrogens with one attached hydrogen (secondary N) is 3. The standard InChI is InChI=1S/C18H24BrN3O2S/c1-12-7-9-14(11-15(12)19)17(24)21-22-18(25)20-16(23)10-8-13-5-3-2-4-6-13/h7,9,11,13H,2-6,8,10H2,1H3,(H,21,24)(H2,20,22,23,25). The van der Waals surface area contributed by atoms with Gasteiger partial charge in [0.25, 0.3) is 5.91 Å². The normalized spacial score (nSPS) is 14.6. The maximum absolute atomic E-state index is 12.1. The van der Waals surface area contributed by atoms with Gasteiger partial charge in [0.05, 0.1) is 0 Å². The highest BCUT2D eigenvalue weighted by Gasteiger charge is 2.15. The van der Waals surface area contributed by atoms with Crippen molar-refractivity contribution in [1.29, 1.82) is 0 Å². The van der Waals surface area contributed by atoms with Crippen LogP contribution in [0.2, 0.25) is 0 Å². The molecule has 25 heavy (non-hydrogen) atoms. The summed E-state index contributed by atoms with van der Waals surface area (Å²) >= 11 is 8.44. The first-order valence-electron chi connectivity index (χ1n) is 8.62.